The van der Waals surface area contributed by atoms with Crippen LogP contribution in [0.4, 0.5) is 10.1 Å². The number of benzene rings is 3. The summed E-state index contributed by atoms with van der Waals surface area (Å²) in [4.78, 5) is 21.4. The van der Waals surface area contributed by atoms with E-state index in [2.05, 4.69) is 4.72 Å². The number of ether oxygens (including phenoxy) is 1. The molecule has 1 saturated heterocycles. The van der Waals surface area contributed by atoms with E-state index in [0.717, 1.165) is 27.3 Å². The van der Waals surface area contributed by atoms with E-state index < -0.39 is 22.9 Å². The number of anilines is 1. The molecule has 1 amide bonds. The lowest BCUT2D eigenvalue weighted by molar-refractivity contribution is -0.117. The van der Waals surface area contributed by atoms with Crippen molar-refractivity contribution < 1.29 is 22.9 Å². The fourth-order valence-corrected chi connectivity index (χ4v) is 3.97. The van der Waals surface area contributed by atoms with Gasteiger partial charge in [0.05, 0.1) is 7.11 Å². The molecule has 1 unspecified atom stereocenters. The van der Waals surface area contributed by atoms with Crippen molar-refractivity contribution in [2.45, 2.75) is 6.42 Å². The van der Waals surface area contributed by atoms with Gasteiger partial charge >= 0.3 is 0 Å². The van der Waals surface area contributed by atoms with Crippen LogP contribution in [0.1, 0.15) is 21.5 Å². The molecule has 8 heteroatoms. The zero-order valence-electron chi connectivity index (χ0n) is 16.8. The molecular formula is C23H21FN2O4S. The van der Waals surface area contributed by atoms with E-state index in [9.17, 15) is 18.2 Å². The van der Waals surface area contributed by atoms with Gasteiger partial charge in [-0.25, -0.2) is 8.60 Å². The number of carbonyl (C=O) groups is 2. The number of rotatable bonds is 5. The van der Waals surface area contributed by atoms with E-state index in [1.807, 2.05) is 48.5 Å². The standard InChI is InChI=1S/C16H15FN2O3S.C7H6O/c1-22-14-9-12(7-11-5-3-2-4-6-11)8-13(17)16(14)19-10-15(20)18-23(19)21;8-6-7-4-2-1-3-5-7/h2-6,8-9H,7,10H2,1H3,(H,18,20);1-6H. The minimum Gasteiger partial charge on any atom is -0.494 e. The van der Waals surface area contributed by atoms with Gasteiger partial charge in [0.1, 0.15) is 24.3 Å². The second-order valence-electron chi connectivity index (χ2n) is 6.63. The first-order valence-corrected chi connectivity index (χ1v) is 10.5. The highest BCUT2D eigenvalue weighted by Gasteiger charge is 2.31. The van der Waals surface area contributed by atoms with E-state index in [-0.39, 0.29) is 18.0 Å². The number of halogens is 1. The fraction of sp³-hybridized carbons (Fsp3) is 0.130. The smallest absolute Gasteiger partial charge is 0.253 e. The van der Waals surface area contributed by atoms with Crippen LogP contribution >= 0.6 is 0 Å². The Kier molecular flexibility index (Phi) is 7.50. The molecule has 0 radical (unpaired) electrons. The molecule has 3 aromatic rings. The second-order valence-corrected chi connectivity index (χ2v) is 7.77. The second kappa shape index (κ2) is 10.5. The monoisotopic (exact) mass is 440 g/mol. The molecule has 1 atom stereocenters. The molecule has 1 heterocycles. The van der Waals surface area contributed by atoms with Gasteiger partial charge in [-0.15, -0.1) is 0 Å². The average Bonchev–Trinajstić information content (AvgIpc) is 3.12. The molecule has 1 aliphatic heterocycles. The van der Waals surface area contributed by atoms with Gasteiger partial charge in [0.2, 0.25) is 11.2 Å². The molecule has 1 aliphatic rings. The van der Waals surface area contributed by atoms with Gasteiger partial charge in [0.25, 0.3) is 5.91 Å². The quantitative estimate of drug-likeness (QED) is 0.617. The summed E-state index contributed by atoms with van der Waals surface area (Å²) in [6, 6.07) is 21.8. The summed E-state index contributed by atoms with van der Waals surface area (Å²) in [7, 11) is 1.42. The largest absolute Gasteiger partial charge is 0.494 e. The number of hydrogen-bond donors (Lipinski definition) is 1. The van der Waals surface area contributed by atoms with Crippen LogP contribution in [0.25, 0.3) is 0 Å². The zero-order valence-corrected chi connectivity index (χ0v) is 17.6. The molecule has 0 spiro atoms. The summed E-state index contributed by atoms with van der Waals surface area (Å²) >= 11 is -1.79. The summed E-state index contributed by atoms with van der Waals surface area (Å²) < 4.78 is 35.1. The summed E-state index contributed by atoms with van der Waals surface area (Å²) in [6.45, 7) is -0.169. The molecule has 4 rings (SSSR count). The van der Waals surface area contributed by atoms with Gasteiger partial charge in [-0.3, -0.25) is 18.6 Å². The first-order chi connectivity index (χ1) is 15.0. The van der Waals surface area contributed by atoms with Crippen molar-refractivity contribution in [3.05, 3.63) is 95.3 Å². The Morgan fingerprint density at radius 1 is 1.06 bits per heavy atom. The minimum atomic E-state index is -1.79. The van der Waals surface area contributed by atoms with Crippen molar-refractivity contribution in [3.63, 3.8) is 0 Å². The highest BCUT2D eigenvalue weighted by atomic mass is 32.2. The third-order valence-corrected chi connectivity index (χ3v) is 5.55. The molecule has 6 nitrogen and oxygen atoms in total. The maximum atomic E-state index is 14.6. The Morgan fingerprint density at radius 3 is 2.23 bits per heavy atom. The Balaban J connectivity index is 0.000000287. The SMILES string of the molecule is COc1cc(Cc2ccccc2)cc(F)c1N1CC(=O)NS1=O.O=Cc1ccccc1. The van der Waals surface area contributed by atoms with Gasteiger partial charge in [-0.2, -0.15) is 0 Å². The first kappa shape index (κ1) is 22.2. The molecule has 1 fully saturated rings. The van der Waals surface area contributed by atoms with Crippen LogP contribution in [0.2, 0.25) is 0 Å². The Morgan fingerprint density at radius 2 is 1.71 bits per heavy atom. The van der Waals surface area contributed by atoms with Crippen molar-refractivity contribution in [3.8, 4) is 5.75 Å². The Hall–Kier alpha value is -3.52. The van der Waals surface area contributed by atoms with Gasteiger partial charge in [-0.1, -0.05) is 60.7 Å². The van der Waals surface area contributed by atoms with Gasteiger partial charge in [-0.05, 0) is 29.7 Å². The predicted molar refractivity (Wildman–Crippen MR) is 118 cm³/mol. The molecule has 3 aromatic carbocycles. The van der Waals surface area contributed by atoms with Crippen LogP contribution in [0.3, 0.4) is 0 Å². The van der Waals surface area contributed by atoms with Crippen LogP contribution in [0, 0.1) is 5.82 Å². The number of aldehydes is 1. The number of nitrogens with one attached hydrogen (secondary N) is 1. The first-order valence-electron chi connectivity index (χ1n) is 9.41. The number of nitrogens with zero attached hydrogens (tertiary/aromatic N) is 1. The summed E-state index contributed by atoms with van der Waals surface area (Å²) in [6.07, 6.45) is 1.38. The van der Waals surface area contributed by atoms with E-state index in [1.165, 1.54) is 13.2 Å². The highest BCUT2D eigenvalue weighted by Crippen LogP contribution is 2.35. The topological polar surface area (TPSA) is 75.7 Å². The molecule has 1 N–H and O–H groups in total. The molecule has 31 heavy (non-hydrogen) atoms. The third kappa shape index (κ3) is 5.76. The number of hydrogen-bond acceptors (Lipinski definition) is 4. The molecule has 0 saturated carbocycles. The maximum Gasteiger partial charge on any atom is 0.253 e. The minimum absolute atomic E-state index is 0.0287. The van der Waals surface area contributed by atoms with Crippen molar-refractivity contribution in [2.75, 3.05) is 18.0 Å². The normalized spacial score (nSPS) is 15.0. The van der Waals surface area contributed by atoms with E-state index in [1.54, 1.807) is 18.2 Å². The van der Waals surface area contributed by atoms with Crippen LogP contribution in [-0.4, -0.2) is 30.1 Å². The van der Waals surface area contributed by atoms with Gasteiger partial charge < -0.3 is 4.74 Å². The van der Waals surface area contributed by atoms with Crippen molar-refractivity contribution in [1.29, 1.82) is 0 Å². The average molecular weight is 440 g/mol. The highest BCUT2D eigenvalue weighted by molar-refractivity contribution is 7.85. The lowest BCUT2D eigenvalue weighted by Gasteiger charge is -2.19. The zero-order chi connectivity index (χ0) is 22.2. The molecule has 0 aliphatic carbocycles. The molecule has 0 aromatic heterocycles. The number of methoxy groups -OCH3 is 1. The number of carbonyl (C=O) groups excluding carboxylic acids is 2. The number of amides is 1. The molecular weight excluding hydrogens is 419 g/mol. The van der Waals surface area contributed by atoms with Crippen LogP contribution in [0.15, 0.2) is 72.8 Å². The van der Waals surface area contributed by atoms with Crippen LogP contribution < -0.4 is 13.8 Å². The summed E-state index contributed by atoms with van der Waals surface area (Å²) in [5, 5.41) is 0. The fourth-order valence-electron chi connectivity index (χ4n) is 3.03. The van der Waals surface area contributed by atoms with E-state index >= 15 is 0 Å². The Labute approximate surface area is 182 Å². The third-order valence-electron chi connectivity index (χ3n) is 4.43. The van der Waals surface area contributed by atoms with Crippen molar-refractivity contribution in [2.24, 2.45) is 0 Å². The van der Waals surface area contributed by atoms with Crippen LogP contribution in [-0.2, 0) is 22.4 Å². The molecule has 0 bridgehead atoms. The Bertz CT molecular complexity index is 1080. The molecule has 160 valence electrons. The van der Waals surface area contributed by atoms with Crippen LogP contribution in [0.5, 0.6) is 5.75 Å². The summed E-state index contributed by atoms with van der Waals surface area (Å²) in [5.41, 5.74) is 2.54. The predicted octanol–water partition coefficient (Wildman–Crippen LogP) is 3.44. The summed E-state index contributed by atoms with van der Waals surface area (Å²) in [5.74, 6) is -0.737. The van der Waals surface area contributed by atoms with Gasteiger partial charge in [0.15, 0.2) is 5.82 Å². The lowest BCUT2D eigenvalue weighted by atomic mass is 10.0. The van der Waals surface area contributed by atoms with Crippen molar-refractivity contribution in [1.82, 2.24) is 4.72 Å². The lowest BCUT2D eigenvalue weighted by Crippen LogP contribution is -2.24. The van der Waals surface area contributed by atoms with E-state index in [4.69, 9.17) is 4.74 Å². The van der Waals surface area contributed by atoms with Crippen molar-refractivity contribution >= 4 is 29.1 Å². The maximum absolute atomic E-state index is 14.6. The van der Waals surface area contributed by atoms with E-state index in [0.29, 0.717) is 6.42 Å². The van der Waals surface area contributed by atoms with Gasteiger partial charge in [0, 0.05) is 5.56 Å².